The summed E-state index contributed by atoms with van der Waals surface area (Å²) in [6.45, 7) is 13.2. The maximum Gasteiger partial charge on any atom is 0.0109 e. The Labute approximate surface area is 120 Å². The zero-order chi connectivity index (χ0) is 13.9. The second kappa shape index (κ2) is 10.6. The van der Waals surface area contributed by atoms with Crippen LogP contribution < -0.4 is 5.73 Å². The van der Waals surface area contributed by atoms with Gasteiger partial charge in [-0.3, -0.25) is 0 Å². The lowest BCUT2D eigenvalue weighted by atomic mass is 10.1. The molecule has 2 N–H and O–H groups in total. The van der Waals surface area contributed by atoms with Crippen LogP contribution in [0.3, 0.4) is 0 Å². The maximum atomic E-state index is 5.54. The minimum absolute atomic E-state index is 0.851. The molecule has 0 radical (unpaired) electrons. The highest BCUT2D eigenvalue weighted by molar-refractivity contribution is 4.70. The van der Waals surface area contributed by atoms with Crippen molar-refractivity contribution in [2.24, 2.45) is 11.7 Å². The highest BCUT2D eigenvalue weighted by Gasteiger charge is 2.13. The van der Waals surface area contributed by atoms with Crippen molar-refractivity contribution < 1.29 is 0 Å². The third-order valence-electron chi connectivity index (χ3n) is 4.12. The van der Waals surface area contributed by atoms with E-state index in [0.29, 0.717) is 0 Å². The SMILES string of the molecule is CC(C)CCCN1CCCN(CCCCCN)CC1. The van der Waals surface area contributed by atoms with Gasteiger partial charge in [-0.2, -0.15) is 0 Å². The first-order valence-electron chi connectivity index (χ1n) is 8.37. The van der Waals surface area contributed by atoms with Crippen molar-refractivity contribution in [3.05, 3.63) is 0 Å². The molecule has 114 valence electrons. The molecule has 3 nitrogen and oxygen atoms in total. The molecule has 0 bridgehead atoms. The first kappa shape index (κ1) is 16.9. The third kappa shape index (κ3) is 8.61. The van der Waals surface area contributed by atoms with Gasteiger partial charge in [-0.15, -0.1) is 0 Å². The number of unbranched alkanes of at least 4 members (excludes halogenated alkanes) is 2. The molecule has 0 atom stereocenters. The summed E-state index contributed by atoms with van der Waals surface area (Å²) in [7, 11) is 0. The molecule has 1 rings (SSSR count). The van der Waals surface area contributed by atoms with Gasteiger partial charge in [0.05, 0.1) is 0 Å². The number of hydrogen-bond donors (Lipinski definition) is 1. The Kier molecular flexibility index (Phi) is 9.48. The molecule has 19 heavy (non-hydrogen) atoms. The number of rotatable bonds is 9. The fourth-order valence-electron chi connectivity index (χ4n) is 2.85. The van der Waals surface area contributed by atoms with Gasteiger partial charge in [-0.05, 0) is 70.7 Å². The summed E-state index contributed by atoms with van der Waals surface area (Å²) in [6, 6.07) is 0. The Balaban J connectivity index is 2.09. The van der Waals surface area contributed by atoms with Gasteiger partial charge in [-0.25, -0.2) is 0 Å². The van der Waals surface area contributed by atoms with Crippen LogP contribution in [-0.4, -0.2) is 55.6 Å². The fourth-order valence-corrected chi connectivity index (χ4v) is 2.85. The van der Waals surface area contributed by atoms with Crippen LogP contribution in [0.5, 0.6) is 0 Å². The molecular weight excluding hydrogens is 234 g/mol. The zero-order valence-corrected chi connectivity index (χ0v) is 13.2. The van der Waals surface area contributed by atoms with Crippen LogP contribution in [0.1, 0.15) is 52.4 Å². The van der Waals surface area contributed by atoms with E-state index in [-0.39, 0.29) is 0 Å². The molecule has 1 fully saturated rings. The van der Waals surface area contributed by atoms with Crippen molar-refractivity contribution in [3.8, 4) is 0 Å². The van der Waals surface area contributed by atoms with Gasteiger partial charge in [0.1, 0.15) is 0 Å². The van der Waals surface area contributed by atoms with Crippen LogP contribution in [-0.2, 0) is 0 Å². The van der Waals surface area contributed by atoms with Crippen molar-refractivity contribution in [2.75, 3.05) is 45.8 Å². The van der Waals surface area contributed by atoms with Crippen LogP contribution >= 0.6 is 0 Å². The van der Waals surface area contributed by atoms with Crippen molar-refractivity contribution in [1.29, 1.82) is 0 Å². The van der Waals surface area contributed by atoms with Gasteiger partial charge in [0, 0.05) is 13.1 Å². The molecule has 1 aliphatic rings. The van der Waals surface area contributed by atoms with E-state index in [0.717, 1.165) is 12.5 Å². The van der Waals surface area contributed by atoms with Crippen LogP contribution in [0.4, 0.5) is 0 Å². The monoisotopic (exact) mass is 269 g/mol. The van der Waals surface area contributed by atoms with Gasteiger partial charge >= 0.3 is 0 Å². The van der Waals surface area contributed by atoms with Gasteiger partial charge in [-0.1, -0.05) is 20.3 Å². The highest BCUT2D eigenvalue weighted by atomic mass is 15.2. The molecule has 0 unspecified atom stereocenters. The summed E-state index contributed by atoms with van der Waals surface area (Å²) in [5.74, 6) is 0.853. The van der Waals surface area contributed by atoms with E-state index in [9.17, 15) is 0 Å². The van der Waals surface area contributed by atoms with Crippen LogP contribution in [0.15, 0.2) is 0 Å². The Hall–Kier alpha value is -0.120. The van der Waals surface area contributed by atoms with E-state index in [1.165, 1.54) is 77.8 Å². The van der Waals surface area contributed by atoms with Crippen LogP contribution in [0.2, 0.25) is 0 Å². The van der Waals surface area contributed by atoms with Crippen molar-refractivity contribution in [2.45, 2.75) is 52.4 Å². The summed E-state index contributed by atoms with van der Waals surface area (Å²) >= 11 is 0. The Morgan fingerprint density at radius 3 is 2.05 bits per heavy atom. The first-order chi connectivity index (χ1) is 9.22. The summed E-state index contributed by atoms with van der Waals surface area (Å²) in [4.78, 5) is 5.32. The molecule has 3 heteroatoms. The molecule has 0 aromatic heterocycles. The average molecular weight is 269 g/mol. The van der Waals surface area contributed by atoms with Gasteiger partial charge < -0.3 is 15.5 Å². The minimum Gasteiger partial charge on any atom is -0.330 e. The summed E-state index contributed by atoms with van der Waals surface area (Å²) in [5.41, 5.74) is 5.54. The fraction of sp³-hybridized carbons (Fsp3) is 1.00. The molecule has 0 aromatic carbocycles. The van der Waals surface area contributed by atoms with Crippen LogP contribution in [0.25, 0.3) is 0 Å². The third-order valence-corrected chi connectivity index (χ3v) is 4.12. The Morgan fingerprint density at radius 1 is 0.842 bits per heavy atom. The molecule has 1 aliphatic heterocycles. The van der Waals surface area contributed by atoms with Crippen LogP contribution in [0, 0.1) is 5.92 Å². The van der Waals surface area contributed by atoms with E-state index >= 15 is 0 Å². The lowest BCUT2D eigenvalue weighted by molar-refractivity contribution is 0.248. The molecule has 1 saturated heterocycles. The number of nitrogens with zero attached hydrogens (tertiary/aromatic N) is 2. The second-order valence-electron chi connectivity index (χ2n) is 6.42. The normalized spacial score (nSPS) is 18.9. The molecule has 0 aliphatic carbocycles. The number of nitrogens with two attached hydrogens (primary N) is 1. The van der Waals surface area contributed by atoms with E-state index in [4.69, 9.17) is 5.73 Å². The lowest BCUT2D eigenvalue weighted by Gasteiger charge is -2.22. The highest BCUT2D eigenvalue weighted by Crippen LogP contribution is 2.09. The van der Waals surface area contributed by atoms with Gasteiger partial charge in [0.2, 0.25) is 0 Å². The first-order valence-corrected chi connectivity index (χ1v) is 8.37. The molecule has 0 saturated carbocycles. The predicted molar refractivity (Wildman–Crippen MR) is 84.5 cm³/mol. The molecule has 0 spiro atoms. The van der Waals surface area contributed by atoms with E-state index in [2.05, 4.69) is 23.6 Å². The molecule has 0 amide bonds. The number of hydrogen-bond acceptors (Lipinski definition) is 3. The van der Waals surface area contributed by atoms with E-state index < -0.39 is 0 Å². The maximum absolute atomic E-state index is 5.54. The smallest absolute Gasteiger partial charge is 0.0109 e. The summed E-state index contributed by atoms with van der Waals surface area (Å²) in [5, 5.41) is 0. The van der Waals surface area contributed by atoms with Gasteiger partial charge in [0.15, 0.2) is 0 Å². The van der Waals surface area contributed by atoms with Crippen molar-refractivity contribution >= 4 is 0 Å². The van der Waals surface area contributed by atoms with E-state index in [1.54, 1.807) is 0 Å². The molecular formula is C16H35N3. The molecule has 0 aromatic rings. The van der Waals surface area contributed by atoms with Gasteiger partial charge in [0.25, 0.3) is 0 Å². The average Bonchev–Trinajstić information content (AvgIpc) is 2.60. The Bertz CT molecular complexity index is 206. The largest absolute Gasteiger partial charge is 0.330 e. The topological polar surface area (TPSA) is 32.5 Å². The summed E-state index contributed by atoms with van der Waals surface area (Å²) < 4.78 is 0. The Morgan fingerprint density at radius 2 is 1.47 bits per heavy atom. The minimum atomic E-state index is 0.851. The van der Waals surface area contributed by atoms with Crippen molar-refractivity contribution in [3.63, 3.8) is 0 Å². The zero-order valence-electron chi connectivity index (χ0n) is 13.2. The van der Waals surface area contributed by atoms with E-state index in [1.807, 2.05) is 0 Å². The standard InChI is InChI=1S/C16H35N3/c1-16(2)8-6-11-19-13-7-12-18(14-15-19)10-5-3-4-9-17/h16H,3-15,17H2,1-2H3. The second-order valence-corrected chi connectivity index (χ2v) is 6.42. The predicted octanol–water partition coefficient (Wildman–Crippen LogP) is 2.56. The van der Waals surface area contributed by atoms with Crippen molar-refractivity contribution in [1.82, 2.24) is 9.80 Å². The lowest BCUT2D eigenvalue weighted by Crippen LogP contribution is -2.32. The quantitative estimate of drug-likeness (QED) is 0.653. The summed E-state index contributed by atoms with van der Waals surface area (Å²) in [6.07, 6.45) is 7.90. The molecule has 1 heterocycles.